The van der Waals surface area contributed by atoms with Crippen molar-refractivity contribution in [3.8, 4) is 5.75 Å². The number of carbonyl (C=O) groups excluding carboxylic acids is 1. The number of ether oxygens (including phenoxy) is 3. The largest absolute Gasteiger partial charge is 0.491 e. The highest BCUT2D eigenvalue weighted by molar-refractivity contribution is 5.97. The Balaban J connectivity index is 2.63. The van der Waals surface area contributed by atoms with Crippen LogP contribution in [0.5, 0.6) is 5.75 Å². The first-order valence-corrected chi connectivity index (χ1v) is 8.23. The number of nitrogens with one attached hydrogen (secondary N) is 1. The summed E-state index contributed by atoms with van der Waals surface area (Å²) in [5.41, 5.74) is -0.0604. The average Bonchev–Trinajstić information content (AvgIpc) is 2.55. The monoisotopic (exact) mass is 323 g/mol. The molecule has 0 fully saturated rings. The van der Waals surface area contributed by atoms with Crippen molar-refractivity contribution in [3.05, 3.63) is 24.3 Å². The molecule has 1 rings (SSSR count). The lowest BCUT2D eigenvalue weighted by Gasteiger charge is -2.28. The summed E-state index contributed by atoms with van der Waals surface area (Å²) in [6.45, 7) is 7.42. The third-order valence-corrected chi connectivity index (χ3v) is 3.62. The van der Waals surface area contributed by atoms with Gasteiger partial charge in [-0.25, -0.2) is 0 Å². The topological polar surface area (TPSA) is 56.8 Å². The molecule has 0 aliphatic rings. The molecule has 0 aliphatic carbocycles. The lowest BCUT2D eigenvalue weighted by atomic mass is 9.97. The molecular formula is C18H29NO4. The van der Waals surface area contributed by atoms with Crippen LogP contribution in [0.2, 0.25) is 0 Å². The average molecular weight is 323 g/mol. The maximum Gasteiger partial charge on any atom is 0.256 e. The van der Waals surface area contributed by atoms with E-state index in [0.717, 1.165) is 24.3 Å². The minimum Gasteiger partial charge on any atom is -0.491 e. The van der Waals surface area contributed by atoms with Crippen LogP contribution in [0.25, 0.3) is 0 Å². The SMILES string of the molecule is CCCCC(C)(OCC)C(=O)Nc1ccc(OCCOC)cc1. The Labute approximate surface area is 139 Å². The van der Waals surface area contributed by atoms with E-state index < -0.39 is 5.60 Å². The lowest BCUT2D eigenvalue weighted by molar-refractivity contribution is -0.139. The summed E-state index contributed by atoms with van der Waals surface area (Å²) in [5.74, 6) is 0.638. The van der Waals surface area contributed by atoms with Gasteiger partial charge in [0.25, 0.3) is 5.91 Å². The number of methoxy groups -OCH3 is 1. The molecule has 130 valence electrons. The van der Waals surface area contributed by atoms with Crippen molar-refractivity contribution in [3.63, 3.8) is 0 Å². The van der Waals surface area contributed by atoms with Gasteiger partial charge in [-0.2, -0.15) is 0 Å². The van der Waals surface area contributed by atoms with Gasteiger partial charge in [0.05, 0.1) is 6.61 Å². The molecule has 1 aromatic carbocycles. The van der Waals surface area contributed by atoms with E-state index in [1.165, 1.54) is 0 Å². The van der Waals surface area contributed by atoms with Crippen molar-refractivity contribution < 1.29 is 19.0 Å². The van der Waals surface area contributed by atoms with Crippen LogP contribution in [0.4, 0.5) is 5.69 Å². The summed E-state index contributed by atoms with van der Waals surface area (Å²) in [7, 11) is 1.63. The van der Waals surface area contributed by atoms with Gasteiger partial charge in [-0.3, -0.25) is 4.79 Å². The molecule has 0 bridgehead atoms. The zero-order chi connectivity index (χ0) is 17.1. The zero-order valence-corrected chi connectivity index (χ0v) is 14.7. The molecule has 0 radical (unpaired) electrons. The Kier molecular flexibility index (Phi) is 8.66. The summed E-state index contributed by atoms with van der Waals surface area (Å²) in [6.07, 6.45) is 2.70. The molecule has 0 saturated heterocycles. The fourth-order valence-corrected chi connectivity index (χ4v) is 2.22. The molecule has 1 aromatic rings. The van der Waals surface area contributed by atoms with E-state index in [1.807, 2.05) is 38.1 Å². The van der Waals surface area contributed by atoms with Crippen molar-refractivity contribution in [2.45, 2.75) is 45.6 Å². The Morgan fingerprint density at radius 2 is 1.87 bits per heavy atom. The van der Waals surface area contributed by atoms with E-state index in [0.29, 0.717) is 26.2 Å². The van der Waals surface area contributed by atoms with E-state index in [1.54, 1.807) is 7.11 Å². The fourth-order valence-electron chi connectivity index (χ4n) is 2.22. The number of rotatable bonds is 11. The highest BCUT2D eigenvalue weighted by Crippen LogP contribution is 2.22. The Morgan fingerprint density at radius 1 is 1.17 bits per heavy atom. The summed E-state index contributed by atoms with van der Waals surface area (Å²) in [6, 6.07) is 7.31. The standard InChI is InChI=1S/C18H29NO4/c1-5-7-12-18(3,23-6-2)17(20)19-15-8-10-16(11-9-15)22-14-13-21-4/h8-11H,5-7,12-14H2,1-4H3,(H,19,20). The van der Waals surface area contributed by atoms with Gasteiger partial charge >= 0.3 is 0 Å². The van der Waals surface area contributed by atoms with Gasteiger partial charge in [-0.15, -0.1) is 0 Å². The molecule has 0 spiro atoms. The maximum atomic E-state index is 12.5. The molecule has 5 nitrogen and oxygen atoms in total. The van der Waals surface area contributed by atoms with E-state index in [-0.39, 0.29) is 5.91 Å². The van der Waals surface area contributed by atoms with Crippen LogP contribution >= 0.6 is 0 Å². The van der Waals surface area contributed by atoms with Crippen LogP contribution in [-0.4, -0.2) is 38.4 Å². The molecule has 0 aliphatic heterocycles. The van der Waals surface area contributed by atoms with Crippen LogP contribution in [0.15, 0.2) is 24.3 Å². The van der Waals surface area contributed by atoms with Crippen LogP contribution in [0.3, 0.4) is 0 Å². The van der Waals surface area contributed by atoms with Crippen molar-refractivity contribution >= 4 is 11.6 Å². The van der Waals surface area contributed by atoms with E-state index in [2.05, 4.69) is 12.2 Å². The molecule has 5 heteroatoms. The first-order chi connectivity index (χ1) is 11.1. The van der Waals surface area contributed by atoms with E-state index >= 15 is 0 Å². The van der Waals surface area contributed by atoms with Crippen molar-refractivity contribution in [2.24, 2.45) is 0 Å². The third-order valence-electron chi connectivity index (χ3n) is 3.62. The summed E-state index contributed by atoms with van der Waals surface area (Å²) in [5, 5.41) is 2.93. The van der Waals surface area contributed by atoms with E-state index in [4.69, 9.17) is 14.2 Å². The van der Waals surface area contributed by atoms with Gasteiger partial charge in [-0.1, -0.05) is 19.8 Å². The van der Waals surface area contributed by atoms with Gasteiger partial charge in [0.2, 0.25) is 0 Å². The Hall–Kier alpha value is -1.59. The van der Waals surface area contributed by atoms with E-state index in [9.17, 15) is 4.79 Å². The number of benzene rings is 1. The molecular weight excluding hydrogens is 294 g/mol. The van der Waals surface area contributed by atoms with Crippen molar-refractivity contribution in [1.82, 2.24) is 0 Å². The molecule has 0 saturated carbocycles. The quantitative estimate of drug-likeness (QED) is 0.632. The summed E-state index contributed by atoms with van der Waals surface area (Å²) >= 11 is 0. The Morgan fingerprint density at radius 3 is 2.43 bits per heavy atom. The van der Waals surface area contributed by atoms with Gasteiger partial charge in [0, 0.05) is 19.4 Å². The molecule has 23 heavy (non-hydrogen) atoms. The number of hydrogen-bond donors (Lipinski definition) is 1. The van der Waals surface area contributed by atoms with Crippen LogP contribution < -0.4 is 10.1 Å². The molecule has 0 aromatic heterocycles. The predicted molar refractivity (Wildman–Crippen MR) is 92.0 cm³/mol. The number of hydrogen-bond acceptors (Lipinski definition) is 4. The first-order valence-electron chi connectivity index (χ1n) is 8.23. The predicted octanol–water partition coefficient (Wildman–Crippen LogP) is 3.64. The highest BCUT2D eigenvalue weighted by atomic mass is 16.5. The molecule has 1 unspecified atom stereocenters. The smallest absolute Gasteiger partial charge is 0.256 e. The zero-order valence-electron chi connectivity index (χ0n) is 14.7. The minimum absolute atomic E-state index is 0.110. The number of unbranched alkanes of at least 4 members (excludes halogenated alkanes) is 1. The maximum absolute atomic E-state index is 12.5. The van der Waals surface area contributed by atoms with Crippen LogP contribution in [0, 0.1) is 0 Å². The Bertz CT molecular complexity index is 461. The van der Waals surface area contributed by atoms with Crippen LogP contribution in [0.1, 0.15) is 40.0 Å². The molecule has 1 amide bonds. The highest BCUT2D eigenvalue weighted by Gasteiger charge is 2.33. The summed E-state index contributed by atoms with van der Waals surface area (Å²) in [4.78, 5) is 12.5. The van der Waals surface area contributed by atoms with Gasteiger partial charge in [0.15, 0.2) is 0 Å². The molecule has 1 atom stereocenters. The second kappa shape index (κ2) is 10.2. The molecule has 1 N–H and O–H groups in total. The van der Waals surface area contributed by atoms with Gasteiger partial charge < -0.3 is 19.5 Å². The third kappa shape index (κ3) is 6.59. The van der Waals surface area contributed by atoms with Gasteiger partial charge in [-0.05, 0) is 44.5 Å². The second-order valence-corrected chi connectivity index (χ2v) is 5.59. The minimum atomic E-state index is -0.793. The second-order valence-electron chi connectivity index (χ2n) is 5.59. The van der Waals surface area contributed by atoms with Crippen molar-refractivity contribution in [2.75, 3.05) is 32.2 Å². The van der Waals surface area contributed by atoms with Crippen LogP contribution in [-0.2, 0) is 14.3 Å². The lowest BCUT2D eigenvalue weighted by Crippen LogP contribution is -2.42. The van der Waals surface area contributed by atoms with Crippen molar-refractivity contribution in [1.29, 1.82) is 0 Å². The van der Waals surface area contributed by atoms with Gasteiger partial charge in [0.1, 0.15) is 18.0 Å². The normalized spacial score (nSPS) is 13.4. The first kappa shape index (κ1) is 19.5. The number of anilines is 1. The summed E-state index contributed by atoms with van der Waals surface area (Å²) < 4.78 is 16.1. The number of carbonyl (C=O) groups is 1. The molecule has 0 heterocycles. The fraction of sp³-hybridized carbons (Fsp3) is 0.611. The number of amides is 1.